The second kappa shape index (κ2) is 8.97. The third-order valence-electron chi connectivity index (χ3n) is 6.15. The number of rotatable bonds is 8. The van der Waals surface area contributed by atoms with Crippen LogP contribution in [0.5, 0.6) is 0 Å². The van der Waals surface area contributed by atoms with Gasteiger partial charge in [-0.2, -0.15) is 0 Å². The number of fused-ring (bicyclic) bond motifs is 1. The van der Waals surface area contributed by atoms with E-state index in [1.165, 1.54) is 24.0 Å². The van der Waals surface area contributed by atoms with Crippen LogP contribution in [0.1, 0.15) is 82.0 Å². The fraction of sp³-hybridized carbons (Fsp3) is 0.609. The quantitative estimate of drug-likeness (QED) is 0.655. The number of benzene rings is 1. The molecule has 2 aliphatic rings. The fourth-order valence-corrected chi connectivity index (χ4v) is 4.67. The number of carbonyl (C=O) groups excluding carboxylic acids is 3. The fourth-order valence-electron chi connectivity index (χ4n) is 4.67. The van der Waals surface area contributed by atoms with Crippen LogP contribution >= 0.6 is 0 Å². The van der Waals surface area contributed by atoms with Gasteiger partial charge in [0.15, 0.2) is 0 Å². The predicted molar refractivity (Wildman–Crippen MR) is 112 cm³/mol. The van der Waals surface area contributed by atoms with Gasteiger partial charge in [0.2, 0.25) is 5.91 Å². The molecule has 1 aromatic carbocycles. The van der Waals surface area contributed by atoms with E-state index in [0.29, 0.717) is 12.8 Å². The minimum absolute atomic E-state index is 0.175. The van der Waals surface area contributed by atoms with Crippen LogP contribution in [0.2, 0.25) is 0 Å². The Balaban J connectivity index is 1.64. The largest absolute Gasteiger partial charge is 0.348 e. The maximum atomic E-state index is 12.9. The lowest BCUT2D eigenvalue weighted by Crippen LogP contribution is -2.47. The molecule has 158 valence electrons. The topological polar surface area (TPSA) is 78.5 Å². The Labute approximate surface area is 173 Å². The molecule has 1 heterocycles. The standard InChI is InChI=1S/C23H33N3O3/c1-4-12-23(13-5-2)21(28)26(22(29)25-23)15-20(27)24-16(3)18-11-10-17-8-6-7-9-19(17)14-18/h10-11,14,16H,4-9,12-13,15H2,1-3H3,(H,24,27)(H,25,29). The van der Waals surface area contributed by atoms with E-state index in [2.05, 4.69) is 28.8 Å². The first-order chi connectivity index (χ1) is 13.9. The number of carbonyl (C=O) groups is 3. The SMILES string of the molecule is CCCC1(CCC)NC(=O)N(CC(=O)NC(C)c2ccc3c(c2)CCCC3)C1=O. The lowest BCUT2D eigenvalue weighted by molar-refractivity contribution is -0.135. The van der Waals surface area contributed by atoms with Crippen molar-refractivity contribution in [2.75, 3.05) is 6.54 Å². The van der Waals surface area contributed by atoms with Crippen molar-refractivity contribution in [2.45, 2.75) is 83.7 Å². The number of aryl methyl sites for hydroxylation is 2. The molecule has 1 aliphatic carbocycles. The molecule has 1 unspecified atom stereocenters. The van der Waals surface area contributed by atoms with E-state index in [4.69, 9.17) is 0 Å². The van der Waals surface area contributed by atoms with Crippen LogP contribution < -0.4 is 10.6 Å². The summed E-state index contributed by atoms with van der Waals surface area (Å²) in [5.74, 6) is -0.592. The summed E-state index contributed by atoms with van der Waals surface area (Å²) in [6, 6.07) is 5.77. The van der Waals surface area contributed by atoms with Gasteiger partial charge in [0.05, 0.1) is 6.04 Å². The molecule has 0 spiro atoms. The van der Waals surface area contributed by atoms with Gasteiger partial charge in [0.1, 0.15) is 12.1 Å². The van der Waals surface area contributed by atoms with Crippen molar-refractivity contribution >= 4 is 17.8 Å². The summed E-state index contributed by atoms with van der Waals surface area (Å²) in [5, 5.41) is 5.80. The maximum absolute atomic E-state index is 12.9. The monoisotopic (exact) mass is 399 g/mol. The van der Waals surface area contributed by atoms with Gasteiger partial charge in [-0.05, 0) is 62.1 Å². The highest BCUT2D eigenvalue weighted by atomic mass is 16.2. The first kappa shape index (κ1) is 21.3. The smallest absolute Gasteiger partial charge is 0.325 e. The average molecular weight is 400 g/mol. The second-order valence-electron chi connectivity index (χ2n) is 8.43. The first-order valence-electron chi connectivity index (χ1n) is 11.0. The summed E-state index contributed by atoms with van der Waals surface area (Å²) in [6.07, 6.45) is 7.43. The predicted octanol–water partition coefficient (Wildman–Crippen LogP) is 3.63. The molecular weight excluding hydrogens is 366 g/mol. The highest BCUT2D eigenvalue weighted by Crippen LogP contribution is 2.28. The highest BCUT2D eigenvalue weighted by Gasteiger charge is 2.50. The molecule has 0 aromatic heterocycles. The highest BCUT2D eigenvalue weighted by molar-refractivity contribution is 6.09. The van der Waals surface area contributed by atoms with E-state index in [1.54, 1.807) is 0 Å². The van der Waals surface area contributed by atoms with Gasteiger partial charge < -0.3 is 10.6 Å². The van der Waals surface area contributed by atoms with Crippen molar-refractivity contribution in [1.29, 1.82) is 0 Å². The molecule has 4 amide bonds. The summed E-state index contributed by atoms with van der Waals surface area (Å²) in [4.78, 5) is 39.0. The van der Waals surface area contributed by atoms with E-state index in [1.807, 2.05) is 20.8 Å². The molecule has 1 atom stereocenters. The Morgan fingerprint density at radius 2 is 1.79 bits per heavy atom. The molecule has 29 heavy (non-hydrogen) atoms. The van der Waals surface area contributed by atoms with E-state index in [9.17, 15) is 14.4 Å². The zero-order valence-electron chi connectivity index (χ0n) is 17.8. The number of hydrogen-bond donors (Lipinski definition) is 2. The average Bonchev–Trinajstić information content (AvgIpc) is 2.92. The maximum Gasteiger partial charge on any atom is 0.325 e. The molecule has 1 saturated heterocycles. The number of hydrogen-bond acceptors (Lipinski definition) is 3. The molecular formula is C23H33N3O3. The second-order valence-corrected chi connectivity index (χ2v) is 8.43. The Morgan fingerprint density at radius 1 is 1.14 bits per heavy atom. The molecule has 2 N–H and O–H groups in total. The molecule has 3 rings (SSSR count). The van der Waals surface area contributed by atoms with Crippen LogP contribution in [-0.2, 0) is 22.4 Å². The van der Waals surface area contributed by atoms with Crippen LogP contribution in [0.3, 0.4) is 0 Å². The van der Waals surface area contributed by atoms with Crippen molar-refractivity contribution in [2.24, 2.45) is 0 Å². The molecule has 0 saturated carbocycles. The lowest BCUT2D eigenvalue weighted by Gasteiger charge is -2.25. The molecule has 1 aliphatic heterocycles. The van der Waals surface area contributed by atoms with Gasteiger partial charge in [0.25, 0.3) is 5.91 Å². The molecule has 0 bridgehead atoms. The number of nitrogens with zero attached hydrogens (tertiary/aromatic N) is 1. The van der Waals surface area contributed by atoms with Crippen LogP contribution in [-0.4, -0.2) is 34.8 Å². The molecule has 1 fully saturated rings. The van der Waals surface area contributed by atoms with E-state index in [0.717, 1.165) is 36.1 Å². The van der Waals surface area contributed by atoms with E-state index < -0.39 is 11.6 Å². The number of nitrogens with one attached hydrogen (secondary N) is 2. The Kier molecular flexibility index (Phi) is 6.60. The van der Waals surface area contributed by atoms with Gasteiger partial charge in [0, 0.05) is 0 Å². The number of urea groups is 1. The normalized spacial score (nSPS) is 18.9. The van der Waals surface area contributed by atoms with Gasteiger partial charge in [-0.3, -0.25) is 14.5 Å². The van der Waals surface area contributed by atoms with Gasteiger partial charge in [-0.1, -0.05) is 44.9 Å². The van der Waals surface area contributed by atoms with Crippen LogP contribution in [0.15, 0.2) is 18.2 Å². The van der Waals surface area contributed by atoms with Gasteiger partial charge in [-0.15, -0.1) is 0 Å². The summed E-state index contributed by atoms with van der Waals surface area (Å²) >= 11 is 0. The third kappa shape index (κ3) is 4.46. The Bertz CT molecular complexity index is 784. The van der Waals surface area contributed by atoms with Crippen LogP contribution in [0.25, 0.3) is 0 Å². The molecule has 0 radical (unpaired) electrons. The van der Waals surface area contributed by atoms with Crippen molar-refractivity contribution in [3.8, 4) is 0 Å². The molecule has 6 nitrogen and oxygen atoms in total. The minimum Gasteiger partial charge on any atom is -0.348 e. The first-order valence-corrected chi connectivity index (χ1v) is 11.0. The van der Waals surface area contributed by atoms with E-state index >= 15 is 0 Å². The van der Waals surface area contributed by atoms with Crippen LogP contribution in [0, 0.1) is 0 Å². The molecule has 1 aromatic rings. The zero-order valence-corrected chi connectivity index (χ0v) is 17.8. The minimum atomic E-state index is -0.856. The number of amides is 4. The van der Waals surface area contributed by atoms with Crippen molar-refractivity contribution in [3.05, 3.63) is 34.9 Å². The third-order valence-corrected chi connectivity index (χ3v) is 6.15. The lowest BCUT2D eigenvalue weighted by atomic mass is 9.88. The van der Waals surface area contributed by atoms with E-state index in [-0.39, 0.29) is 24.4 Å². The zero-order chi connectivity index (χ0) is 21.0. The van der Waals surface area contributed by atoms with Crippen LogP contribution in [0.4, 0.5) is 4.79 Å². The van der Waals surface area contributed by atoms with Crippen molar-refractivity contribution < 1.29 is 14.4 Å². The summed E-state index contributed by atoms with van der Waals surface area (Å²) in [6.45, 7) is 5.68. The van der Waals surface area contributed by atoms with Gasteiger partial charge >= 0.3 is 6.03 Å². The summed E-state index contributed by atoms with van der Waals surface area (Å²) < 4.78 is 0. The summed E-state index contributed by atoms with van der Waals surface area (Å²) in [5.41, 5.74) is 2.97. The Hall–Kier alpha value is -2.37. The van der Waals surface area contributed by atoms with Crippen molar-refractivity contribution in [3.63, 3.8) is 0 Å². The van der Waals surface area contributed by atoms with Crippen molar-refractivity contribution in [1.82, 2.24) is 15.5 Å². The number of imide groups is 1. The summed E-state index contributed by atoms with van der Waals surface area (Å²) in [7, 11) is 0. The van der Waals surface area contributed by atoms with Gasteiger partial charge in [-0.25, -0.2) is 4.79 Å². The Morgan fingerprint density at radius 3 is 2.45 bits per heavy atom. The molecule has 6 heteroatoms.